The van der Waals surface area contributed by atoms with E-state index in [9.17, 15) is 5.11 Å². The Labute approximate surface area is 101 Å². The van der Waals surface area contributed by atoms with E-state index in [1.165, 1.54) is 43.4 Å². The van der Waals surface area contributed by atoms with E-state index in [1.54, 1.807) is 0 Å². The van der Waals surface area contributed by atoms with E-state index >= 15 is 0 Å². The Morgan fingerprint density at radius 3 is 3.18 bits per heavy atom. The normalized spacial score (nSPS) is 48.5. The summed E-state index contributed by atoms with van der Waals surface area (Å²) < 4.78 is 0. The van der Waals surface area contributed by atoms with Crippen molar-refractivity contribution in [3.05, 3.63) is 29.3 Å². The van der Waals surface area contributed by atoms with Gasteiger partial charge in [0.2, 0.25) is 0 Å². The lowest BCUT2D eigenvalue weighted by molar-refractivity contribution is 0.390. The number of phenols is 1. The fraction of sp³-hybridized carbons (Fsp3) is 0.600. The van der Waals surface area contributed by atoms with Crippen LogP contribution in [0.4, 0.5) is 0 Å². The summed E-state index contributed by atoms with van der Waals surface area (Å²) in [5.74, 6) is 1.33. The zero-order valence-electron chi connectivity index (χ0n) is 9.87. The zero-order chi connectivity index (χ0) is 11.3. The van der Waals surface area contributed by atoms with Gasteiger partial charge in [-0.2, -0.15) is 0 Å². The van der Waals surface area contributed by atoms with Crippen LogP contribution in [0.3, 0.4) is 0 Å². The molecule has 2 N–H and O–H groups in total. The van der Waals surface area contributed by atoms with Gasteiger partial charge in [-0.25, -0.2) is 0 Å². The van der Waals surface area contributed by atoms with Crippen LogP contribution >= 0.6 is 0 Å². The molecule has 1 aromatic rings. The first-order chi connectivity index (χ1) is 8.28. The van der Waals surface area contributed by atoms with Gasteiger partial charge in [0, 0.05) is 18.0 Å². The maximum absolute atomic E-state index is 9.79. The molecular formula is C15H17NO. The Balaban J connectivity index is 1.81. The summed E-state index contributed by atoms with van der Waals surface area (Å²) >= 11 is 0. The van der Waals surface area contributed by atoms with E-state index in [0.29, 0.717) is 22.6 Å². The third-order valence-corrected chi connectivity index (χ3v) is 6.22. The van der Waals surface area contributed by atoms with Crippen molar-refractivity contribution in [2.24, 2.45) is 11.3 Å². The molecule has 0 bridgehead atoms. The maximum Gasteiger partial charge on any atom is 0.115 e. The number of fused-ring (bicyclic) bond motifs is 1. The highest BCUT2D eigenvalue weighted by Gasteiger charge is 2.83. The number of hydrogen-bond acceptors (Lipinski definition) is 2. The molecule has 1 aliphatic heterocycles. The summed E-state index contributed by atoms with van der Waals surface area (Å²) in [7, 11) is 0. The molecule has 0 amide bonds. The van der Waals surface area contributed by atoms with Crippen molar-refractivity contribution in [1.82, 2.24) is 5.32 Å². The molecular weight excluding hydrogens is 210 g/mol. The lowest BCUT2D eigenvalue weighted by Gasteiger charge is -2.32. The van der Waals surface area contributed by atoms with Crippen LogP contribution in [0.2, 0.25) is 0 Å². The number of benzene rings is 1. The monoisotopic (exact) mass is 227 g/mol. The summed E-state index contributed by atoms with van der Waals surface area (Å²) in [6.07, 6.45) is 5.30. The highest BCUT2D eigenvalue weighted by atomic mass is 16.3. The third kappa shape index (κ3) is 0.726. The number of rotatable bonds is 0. The fourth-order valence-electron chi connectivity index (χ4n) is 5.84. The van der Waals surface area contributed by atoms with Crippen LogP contribution in [0, 0.1) is 11.3 Å². The molecule has 1 saturated heterocycles. The van der Waals surface area contributed by atoms with Gasteiger partial charge in [-0.3, -0.25) is 0 Å². The summed E-state index contributed by atoms with van der Waals surface area (Å²) in [6, 6.07) is 6.79. The van der Waals surface area contributed by atoms with E-state index in [-0.39, 0.29) is 0 Å². The predicted octanol–water partition coefficient (Wildman–Crippen LogP) is 1.96. The van der Waals surface area contributed by atoms with Gasteiger partial charge in [0.25, 0.3) is 0 Å². The lowest BCUT2D eigenvalue weighted by Crippen LogP contribution is -2.40. The van der Waals surface area contributed by atoms with Crippen LogP contribution < -0.4 is 5.32 Å². The van der Waals surface area contributed by atoms with Gasteiger partial charge in [0.1, 0.15) is 5.75 Å². The molecule has 88 valence electrons. The van der Waals surface area contributed by atoms with E-state index in [1.807, 2.05) is 6.07 Å². The van der Waals surface area contributed by atoms with Crippen molar-refractivity contribution < 1.29 is 5.11 Å². The highest BCUT2D eigenvalue weighted by molar-refractivity contribution is 5.56. The molecule has 0 radical (unpaired) electrons. The number of aromatic hydroxyl groups is 1. The summed E-state index contributed by atoms with van der Waals surface area (Å²) in [5, 5.41) is 13.5. The van der Waals surface area contributed by atoms with Crippen LogP contribution in [0.25, 0.3) is 0 Å². The Hall–Kier alpha value is -1.02. The highest BCUT2D eigenvalue weighted by Crippen LogP contribution is 2.82. The first kappa shape index (κ1) is 8.98. The molecule has 4 atom stereocenters. The minimum atomic E-state index is 0.454. The maximum atomic E-state index is 9.79. The molecule has 2 nitrogen and oxygen atoms in total. The first-order valence-corrected chi connectivity index (χ1v) is 6.84. The molecule has 2 saturated carbocycles. The van der Waals surface area contributed by atoms with Gasteiger partial charge in [-0.05, 0) is 53.9 Å². The molecule has 2 heteroatoms. The predicted molar refractivity (Wildman–Crippen MR) is 65.1 cm³/mol. The van der Waals surface area contributed by atoms with Crippen molar-refractivity contribution >= 4 is 0 Å². The molecule has 1 heterocycles. The van der Waals surface area contributed by atoms with Crippen molar-refractivity contribution in [2.45, 2.75) is 37.1 Å². The Kier molecular flexibility index (Phi) is 1.26. The molecule has 0 aromatic heterocycles. The molecule has 3 aliphatic carbocycles. The first-order valence-electron chi connectivity index (χ1n) is 6.84. The standard InChI is InChI=1S/C15H17NO/c17-10-3-2-9-6-12-13-14(8-16-12)4-1-5-15(13,14)11(9)7-10/h2-3,7,12-13,16-17H,1,4-6,8H2/t12?,13?,14?,15-/m1/s1. The Morgan fingerprint density at radius 2 is 2.24 bits per heavy atom. The van der Waals surface area contributed by atoms with Crippen LogP contribution in [0.15, 0.2) is 18.2 Å². The van der Waals surface area contributed by atoms with E-state index in [2.05, 4.69) is 17.4 Å². The second-order valence-corrected chi connectivity index (χ2v) is 6.49. The van der Waals surface area contributed by atoms with Gasteiger partial charge in [0.15, 0.2) is 0 Å². The number of hydrogen-bond donors (Lipinski definition) is 2. The second-order valence-electron chi connectivity index (χ2n) is 6.49. The molecule has 17 heavy (non-hydrogen) atoms. The molecule has 3 fully saturated rings. The zero-order valence-corrected chi connectivity index (χ0v) is 9.87. The molecule has 3 unspecified atom stereocenters. The molecule has 1 aromatic carbocycles. The Morgan fingerprint density at radius 1 is 1.29 bits per heavy atom. The van der Waals surface area contributed by atoms with Crippen LogP contribution in [0.5, 0.6) is 5.75 Å². The van der Waals surface area contributed by atoms with Crippen molar-refractivity contribution in [3.63, 3.8) is 0 Å². The summed E-state index contributed by atoms with van der Waals surface area (Å²) in [5.41, 5.74) is 4.00. The van der Waals surface area contributed by atoms with Crippen molar-refractivity contribution in [3.8, 4) is 5.75 Å². The summed E-state index contributed by atoms with van der Waals surface area (Å²) in [4.78, 5) is 0. The molecule has 4 aliphatic rings. The number of phenolic OH excluding ortho intramolecular Hbond substituents is 1. The van der Waals surface area contributed by atoms with Gasteiger partial charge in [-0.15, -0.1) is 0 Å². The minimum Gasteiger partial charge on any atom is -0.508 e. The number of nitrogens with one attached hydrogen (secondary N) is 1. The smallest absolute Gasteiger partial charge is 0.115 e. The van der Waals surface area contributed by atoms with E-state index in [4.69, 9.17) is 0 Å². The SMILES string of the molecule is Oc1ccc2c(c1)[C@@]13CCCC14CNC(C2)C43. The van der Waals surface area contributed by atoms with Gasteiger partial charge in [0.05, 0.1) is 0 Å². The fourth-order valence-corrected chi connectivity index (χ4v) is 5.84. The van der Waals surface area contributed by atoms with Crippen LogP contribution in [-0.2, 0) is 11.8 Å². The van der Waals surface area contributed by atoms with Crippen molar-refractivity contribution in [1.29, 1.82) is 0 Å². The van der Waals surface area contributed by atoms with Gasteiger partial charge in [-0.1, -0.05) is 12.5 Å². The third-order valence-electron chi connectivity index (χ3n) is 6.22. The molecule has 5 rings (SSSR count). The molecule has 2 spiro atoms. The Bertz CT molecular complexity index is 540. The average molecular weight is 227 g/mol. The van der Waals surface area contributed by atoms with Gasteiger partial charge < -0.3 is 10.4 Å². The van der Waals surface area contributed by atoms with Crippen LogP contribution in [0.1, 0.15) is 30.4 Å². The largest absolute Gasteiger partial charge is 0.508 e. The second kappa shape index (κ2) is 2.39. The quantitative estimate of drug-likeness (QED) is 0.710. The van der Waals surface area contributed by atoms with E-state index < -0.39 is 0 Å². The van der Waals surface area contributed by atoms with Gasteiger partial charge >= 0.3 is 0 Å². The topological polar surface area (TPSA) is 32.3 Å². The minimum absolute atomic E-state index is 0.454. The summed E-state index contributed by atoms with van der Waals surface area (Å²) in [6.45, 7) is 1.22. The van der Waals surface area contributed by atoms with Crippen molar-refractivity contribution in [2.75, 3.05) is 6.54 Å². The van der Waals surface area contributed by atoms with E-state index in [0.717, 1.165) is 5.92 Å². The van der Waals surface area contributed by atoms with Crippen LogP contribution in [-0.4, -0.2) is 17.7 Å². The lowest BCUT2D eigenvalue weighted by atomic mass is 9.77. The number of piperidine rings is 1. The average Bonchev–Trinajstić information content (AvgIpc) is 2.64.